The van der Waals surface area contributed by atoms with Crippen LogP contribution < -0.4 is 5.73 Å². The Balaban J connectivity index is 2.65. The van der Waals surface area contributed by atoms with E-state index in [0.717, 1.165) is 12.8 Å². The van der Waals surface area contributed by atoms with Gasteiger partial charge in [-0.1, -0.05) is 31.9 Å². The second-order valence-electron chi connectivity index (χ2n) is 3.99. The lowest BCUT2D eigenvalue weighted by atomic mass is 9.92. The van der Waals surface area contributed by atoms with Crippen molar-refractivity contribution in [2.75, 3.05) is 6.61 Å². The zero-order valence-corrected chi connectivity index (χ0v) is 12.0. The number of hydrogen-bond acceptors (Lipinski definition) is 3. The van der Waals surface area contributed by atoms with Crippen LogP contribution in [0.4, 0.5) is 0 Å². The second-order valence-corrected chi connectivity index (χ2v) is 6.34. The van der Waals surface area contributed by atoms with Gasteiger partial charge in [0.2, 0.25) is 0 Å². The smallest absolute Gasteiger partial charge is 0.326 e. The van der Waals surface area contributed by atoms with Gasteiger partial charge in [0.1, 0.15) is 5.54 Å². The number of rotatable bonds is 2. The molecule has 3 nitrogen and oxygen atoms in total. The predicted molar refractivity (Wildman–Crippen MR) is 67.4 cm³/mol. The van der Waals surface area contributed by atoms with E-state index in [1.54, 1.807) is 6.92 Å². The summed E-state index contributed by atoms with van der Waals surface area (Å²) in [5.41, 5.74) is 5.31. The Morgan fingerprint density at radius 3 is 2.27 bits per heavy atom. The zero-order valence-electron chi connectivity index (χ0n) is 8.84. The standard InChI is InChI=1S/C10H17Br2NO2/c1-2-15-9(14)10(13)5-3-7(11)8(12)4-6-10/h7-8H,2-6,13H2,1H3/t7-,8-/m0/s1. The molecule has 0 aromatic heterocycles. The minimum atomic E-state index is -0.787. The van der Waals surface area contributed by atoms with Crippen LogP contribution in [0.15, 0.2) is 0 Å². The topological polar surface area (TPSA) is 52.3 Å². The average molecular weight is 343 g/mol. The summed E-state index contributed by atoms with van der Waals surface area (Å²) in [6.45, 7) is 2.20. The molecular formula is C10H17Br2NO2. The fraction of sp³-hybridized carbons (Fsp3) is 0.900. The van der Waals surface area contributed by atoms with E-state index in [4.69, 9.17) is 10.5 Å². The van der Waals surface area contributed by atoms with Crippen molar-refractivity contribution in [1.29, 1.82) is 0 Å². The molecule has 0 aliphatic heterocycles. The zero-order chi connectivity index (χ0) is 11.5. The van der Waals surface area contributed by atoms with E-state index in [1.807, 2.05) is 0 Å². The Bertz CT molecular complexity index is 223. The van der Waals surface area contributed by atoms with Gasteiger partial charge < -0.3 is 10.5 Å². The van der Waals surface area contributed by atoms with Crippen molar-refractivity contribution in [2.45, 2.75) is 47.8 Å². The highest BCUT2D eigenvalue weighted by Crippen LogP contribution is 2.33. The van der Waals surface area contributed by atoms with Gasteiger partial charge in [-0.3, -0.25) is 4.79 Å². The molecule has 0 aromatic rings. The maximum absolute atomic E-state index is 11.7. The average Bonchev–Trinajstić information content (AvgIpc) is 2.33. The van der Waals surface area contributed by atoms with Gasteiger partial charge >= 0.3 is 5.97 Å². The highest BCUT2D eigenvalue weighted by atomic mass is 79.9. The first kappa shape index (κ1) is 13.5. The molecule has 2 atom stereocenters. The molecule has 0 spiro atoms. The van der Waals surface area contributed by atoms with Crippen molar-refractivity contribution in [1.82, 2.24) is 0 Å². The molecule has 1 fully saturated rings. The molecule has 0 bridgehead atoms. The monoisotopic (exact) mass is 341 g/mol. The quantitative estimate of drug-likeness (QED) is 0.476. The van der Waals surface area contributed by atoms with Gasteiger partial charge in [0.25, 0.3) is 0 Å². The molecule has 1 aliphatic carbocycles. The third-order valence-corrected chi connectivity index (χ3v) is 5.71. The van der Waals surface area contributed by atoms with Crippen molar-refractivity contribution in [3.05, 3.63) is 0 Å². The van der Waals surface area contributed by atoms with Gasteiger partial charge in [-0.2, -0.15) is 0 Å². The summed E-state index contributed by atoms with van der Waals surface area (Å²) < 4.78 is 5.02. The van der Waals surface area contributed by atoms with Gasteiger partial charge in [0, 0.05) is 9.65 Å². The molecular weight excluding hydrogens is 326 g/mol. The number of alkyl halides is 2. The van der Waals surface area contributed by atoms with Crippen LogP contribution in [0, 0.1) is 0 Å². The van der Waals surface area contributed by atoms with Crippen molar-refractivity contribution in [3.63, 3.8) is 0 Å². The summed E-state index contributed by atoms with van der Waals surface area (Å²) >= 11 is 7.18. The van der Waals surface area contributed by atoms with Crippen molar-refractivity contribution in [3.8, 4) is 0 Å². The minimum absolute atomic E-state index is 0.258. The Hall–Kier alpha value is 0.390. The first-order chi connectivity index (χ1) is 6.99. The predicted octanol–water partition coefficient (Wildman–Crippen LogP) is 2.35. The van der Waals surface area contributed by atoms with Crippen LogP contribution in [-0.2, 0) is 9.53 Å². The molecule has 2 N–H and O–H groups in total. The Morgan fingerprint density at radius 2 is 1.87 bits per heavy atom. The summed E-state index contributed by atoms with van der Waals surface area (Å²) in [5, 5.41) is 0. The molecule has 1 aliphatic rings. The molecule has 0 unspecified atom stereocenters. The van der Waals surface area contributed by atoms with Crippen LogP contribution in [-0.4, -0.2) is 27.8 Å². The second kappa shape index (κ2) is 5.64. The first-order valence-corrected chi connectivity index (χ1v) is 7.07. The number of carbonyl (C=O) groups is 1. The largest absolute Gasteiger partial charge is 0.465 e. The number of carbonyl (C=O) groups excluding carboxylic acids is 1. The van der Waals surface area contributed by atoms with E-state index in [2.05, 4.69) is 31.9 Å². The molecule has 5 heteroatoms. The normalized spacial score (nSPS) is 30.7. The number of halogens is 2. The van der Waals surface area contributed by atoms with Crippen LogP contribution in [0.1, 0.15) is 32.6 Å². The van der Waals surface area contributed by atoms with Crippen molar-refractivity contribution < 1.29 is 9.53 Å². The number of hydrogen-bond donors (Lipinski definition) is 1. The third-order valence-electron chi connectivity index (χ3n) is 2.81. The van der Waals surface area contributed by atoms with Crippen LogP contribution in [0.25, 0.3) is 0 Å². The Labute approximate surface area is 107 Å². The van der Waals surface area contributed by atoms with Gasteiger partial charge in [0.15, 0.2) is 0 Å². The highest BCUT2D eigenvalue weighted by molar-refractivity contribution is 9.12. The fourth-order valence-corrected chi connectivity index (χ4v) is 2.74. The molecule has 0 radical (unpaired) electrons. The minimum Gasteiger partial charge on any atom is -0.465 e. The van der Waals surface area contributed by atoms with Gasteiger partial charge in [-0.05, 0) is 32.6 Å². The maximum atomic E-state index is 11.7. The number of esters is 1. The number of ether oxygens (including phenoxy) is 1. The van der Waals surface area contributed by atoms with Crippen LogP contribution in [0.5, 0.6) is 0 Å². The molecule has 1 rings (SSSR count). The van der Waals surface area contributed by atoms with Crippen LogP contribution in [0.2, 0.25) is 0 Å². The van der Waals surface area contributed by atoms with Gasteiger partial charge in [-0.15, -0.1) is 0 Å². The summed E-state index contributed by atoms with van der Waals surface area (Å²) in [6.07, 6.45) is 3.16. The molecule has 1 saturated carbocycles. The molecule has 0 aromatic carbocycles. The lowest BCUT2D eigenvalue weighted by Gasteiger charge is -2.25. The Kier molecular flexibility index (Phi) is 5.06. The van der Waals surface area contributed by atoms with Crippen molar-refractivity contribution in [2.24, 2.45) is 5.73 Å². The lowest BCUT2D eigenvalue weighted by Crippen LogP contribution is -2.48. The molecule has 88 valence electrons. The van der Waals surface area contributed by atoms with E-state index < -0.39 is 5.54 Å². The lowest BCUT2D eigenvalue weighted by molar-refractivity contribution is -0.150. The molecule has 0 heterocycles. The van der Waals surface area contributed by atoms with Crippen molar-refractivity contribution >= 4 is 37.8 Å². The molecule has 15 heavy (non-hydrogen) atoms. The highest BCUT2D eigenvalue weighted by Gasteiger charge is 2.39. The van der Waals surface area contributed by atoms with E-state index >= 15 is 0 Å². The summed E-state index contributed by atoms with van der Waals surface area (Å²) in [7, 11) is 0. The van der Waals surface area contributed by atoms with E-state index in [1.165, 1.54) is 0 Å². The summed E-state index contributed by atoms with van der Waals surface area (Å²) in [5.74, 6) is -0.258. The first-order valence-electron chi connectivity index (χ1n) is 5.24. The van der Waals surface area contributed by atoms with Crippen LogP contribution >= 0.6 is 31.9 Å². The SMILES string of the molecule is CCOC(=O)C1(N)CC[C@H](Br)[C@@H](Br)CC1. The van der Waals surface area contributed by atoms with Gasteiger partial charge in [-0.25, -0.2) is 0 Å². The van der Waals surface area contributed by atoms with E-state index in [-0.39, 0.29) is 5.97 Å². The fourth-order valence-electron chi connectivity index (χ4n) is 1.76. The Morgan fingerprint density at radius 1 is 1.40 bits per heavy atom. The molecule has 0 amide bonds. The number of nitrogens with two attached hydrogens (primary N) is 1. The van der Waals surface area contributed by atoms with Gasteiger partial charge in [0.05, 0.1) is 6.61 Å². The van der Waals surface area contributed by atoms with Crippen LogP contribution in [0.3, 0.4) is 0 Å². The maximum Gasteiger partial charge on any atom is 0.326 e. The summed E-state index contributed by atoms with van der Waals surface area (Å²) in [6, 6.07) is 0. The van der Waals surface area contributed by atoms with E-state index in [9.17, 15) is 4.79 Å². The third kappa shape index (κ3) is 3.43. The summed E-state index contributed by atoms with van der Waals surface area (Å²) in [4.78, 5) is 12.5. The van der Waals surface area contributed by atoms with E-state index in [0.29, 0.717) is 29.1 Å². The molecule has 0 saturated heterocycles.